The van der Waals surface area contributed by atoms with Gasteiger partial charge in [-0.3, -0.25) is 4.79 Å². The van der Waals surface area contributed by atoms with Crippen molar-refractivity contribution in [2.75, 3.05) is 19.8 Å². The van der Waals surface area contributed by atoms with E-state index in [0.717, 1.165) is 5.56 Å². The van der Waals surface area contributed by atoms with Crippen molar-refractivity contribution in [3.8, 4) is 0 Å². The molecule has 7 heteroatoms. The molecule has 3 N–H and O–H groups in total. The zero-order valence-electron chi connectivity index (χ0n) is 9.51. The Morgan fingerprint density at radius 1 is 1.28 bits per heavy atom. The number of primary amides is 1. The maximum atomic E-state index is 10.4. The highest BCUT2D eigenvalue weighted by Crippen LogP contribution is 2.31. The molecule has 0 radical (unpaired) electrons. The first-order valence-electron chi connectivity index (χ1n) is 5.21. The molecule has 0 spiro atoms. The van der Waals surface area contributed by atoms with E-state index in [9.17, 15) is 4.79 Å². The molecule has 1 aromatic rings. The van der Waals surface area contributed by atoms with E-state index in [1.807, 2.05) is 0 Å². The van der Waals surface area contributed by atoms with Crippen molar-refractivity contribution in [1.82, 2.24) is 5.32 Å². The summed E-state index contributed by atoms with van der Waals surface area (Å²) in [7, 11) is 0. The summed E-state index contributed by atoms with van der Waals surface area (Å²) in [6, 6.07) is 3.34. The molecule has 1 rings (SSSR count). The number of hydrogen-bond acceptors (Lipinski definition) is 3. The summed E-state index contributed by atoms with van der Waals surface area (Å²) >= 11 is 17.9. The van der Waals surface area contributed by atoms with Crippen LogP contribution in [0.1, 0.15) is 5.56 Å². The Morgan fingerprint density at radius 2 is 1.94 bits per heavy atom. The number of benzene rings is 1. The fraction of sp³-hybridized carbons (Fsp3) is 0.364. The number of nitrogens with two attached hydrogens (primary N) is 1. The lowest BCUT2D eigenvalue weighted by molar-refractivity contribution is -0.122. The van der Waals surface area contributed by atoms with Crippen molar-refractivity contribution in [2.24, 2.45) is 5.73 Å². The number of carbonyl (C=O) groups excluding carboxylic acids is 1. The van der Waals surface area contributed by atoms with Crippen LogP contribution < -0.4 is 11.1 Å². The average molecular weight is 312 g/mol. The normalized spacial score (nSPS) is 10.6. The van der Waals surface area contributed by atoms with E-state index < -0.39 is 5.91 Å². The van der Waals surface area contributed by atoms with Gasteiger partial charge in [-0.05, 0) is 12.1 Å². The summed E-state index contributed by atoms with van der Waals surface area (Å²) in [5.41, 5.74) is 5.66. The number of halogens is 3. The van der Waals surface area contributed by atoms with Crippen LogP contribution in [0.2, 0.25) is 15.1 Å². The van der Waals surface area contributed by atoms with Gasteiger partial charge in [0.2, 0.25) is 5.91 Å². The molecule has 0 aliphatic heterocycles. The molecule has 0 fully saturated rings. The second kappa shape index (κ2) is 7.81. The van der Waals surface area contributed by atoms with Gasteiger partial charge in [0.05, 0.1) is 16.7 Å². The molecule has 4 nitrogen and oxygen atoms in total. The largest absolute Gasteiger partial charge is 0.370 e. The lowest BCUT2D eigenvalue weighted by atomic mass is 10.2. The number of nitrogens with one attached hydrogen (secondary N) is 1. The summed E-state index contributed by atoms with van der Waals surface area (Å²) in [6.07, 6.45) is 0. The van der Waals surface area contributed by atoms with Crippen molar-refractivity contribution in [3.63, 3.8) is 0 Å². The van der Waals surface area contributed by atoms with Crippen LogP contribution in [0, 0.1) is 0 Å². The minimum absolute atomic E-state index is 0.0830. The number of carbonyl (C=O) groups is 1. The first kappa shape index (κ1) is 15.5. The molecule has 1 aromatic carbocycles. The fourth-order valence-corrected chi connectivity index (χ4v) is 1.94. The van der Waals surface area contributed by atoms with Crippen LogP contribution in [0.4, 0.5) is 0 Å². The van der Waals surface area contributed by atoms with Gasteiger partial charge in [0.1, 0.15) is 6.61 Å². The molecule has 0 bridgehead atoms. The van der Waals surface area contributed by atoms with Gasteiger partial charge in [0.15, 0.2) is 0 Å². The smallest absolute Gasteiger partial charge is 0.243 e. The van der Waals surface area contributed by atoms with Crippen LogP contribution in [0.25, 0.3) is 0 Å². The van der Waals surface area contributed by atoms with Crippen LogP contribution in [0.3, 0.4) is 0 Å². The van der Waals surface area contributed by atoms with E-state index in [1.54, 1.807) is 12.1 Å². The lowest BCUT2D eigenvalue weighted by Gasteiger charge is -2.09. The minimum Gasteiger partial charge on any atom is -0.370 e. The van der Waals surface area contributed by atoms with Crippen molar-refractivity contribution in [2.45, 2.75) is 6.54 Å². The number of ether oxygens (including phenoxy) is 1. The monoisotopic (exact) mass is 310 g/mol. The van der Waals surface area contributed by atoms with Crippen LogP contribution in [0.5, 0.6) is 0 Å². The molecule has 0 aromatic heterocycles. The van der Waals surface area contributed by atoms with E-state index in [4.69, 9.17) is 45.3 Å². The van der Waals surface area contributed by atoms with Crippen LogP contribution in [-0.2, 0) is 16.1 Å². The first-order valence-corrected chi connectivity index (χ1v) is 6.35. The third kappa shape index (κ3) is 5.00. The van der Waals surface area contributed by atoms with Gasteiger partial charge in [0, 0.05) is 23.7 Å². The summed E-state index contributed by atoms with van der Waals surface area (Å²) < 4.78 is 4.99. The van der Waals surface area contributed by atoms with Crippen LogP contribution >= 0.6 is 34.8 Å². The van der Waals surface area contributed by atoms with Gasteiger partial charge >= 0.3 is 0 Å². The second-order valence-corrected chi connectivity index (χ2v) is 4.71. The van der Waals surface area contributed by atoms with Crippen molar-refractivity contribution < 1.29 is 9.53 Å². The molecule has 0 aliphatic carbocycles. The Morgan fingerprint density at radius 3 is 2.61 bits per heavy atom. The van der Waals surface area contributed by atoms with Crippen molar-refractivity contribution >= 4 is 40.7 Å². The Hall–Kier alpha value is -0.520. The Labute approximate surface area is 120 Å². The van der Waals surface area contributed by atoms with Gasteiger partial charge < -0.3 is 15.8 Å². The SMILES string of the molecule is NC(=O)COCCNCc1c(Cl)ccc(Cl)c1Cl. The molecule has 0 saturated carbocycles. The molecular weight excluding hydrogens is 298 g/mol. The summed E-state index contributed by atoms with van der Waals surface area (Å²) in [5.74, 6) is -0.490. The fourth-order valence-electron chi connectivity index (χ4n) is 1.26. The Kier molecular flexibility index (Phi) is 6.75. The molecule has 18 heavy (non-hydrogen) atoms. The molecule has 0 atom stereocenters. The highest BCUT2D eigenvalue weighted by Gasteiger charge is 2.08. The van der Waals surface area contributed by atoms with Gasteiger partial charge in [-0.25, -0.2) is 0 Å². The van der Waals surface area contributed by atoms with E-state index in [2.05, 4.69) is 5.32 Å². The average Bonchev–Trinajstić information content (AvgIpc) is 2.32. The predicted molar refractivity (Wildman–Crippen MR) is 73.2 cm³/mol. The minimum atomic E-state index is -0.490. The molecule has 0 saturated heterocycles. The second-order valence-electron chi connectivity index (χ2n) is 3.52. The highest BCUT2D eigenvalue weighted by atomic mass is 35.5. The zero-order chi connectivity index (χ0) is 13.5. The number of rotatable bonds is 7. The zero-order valence-corrected chi connectivity index (χ0v) is 11.8. The molecule has 100 valence electrons. The Bertz CT molecular complexity index is 427. The van der Waals surface area contributed by atoms with Gasteiger partial charge in [-0.15, -0.1) is 0 Å². The molecular formula is C11H13Cl3N2O2. The van der Waals surface area contributed by atoms with Crippen molar-refractivity contribution in [3.05, 3.63) is 32.8 Å². The molecule has 0 unspecified atom stereocenters. The maximum absolute atomic E-state index is 10.4. The molecule has 1 amide bonds. The predicted octanol–water partition coefficient (Wildman–Crippen LogP) is 2.24. The van der Waals surface area contributed by atoms with Crippen LogP contribution in [0.15, 0.2) is 12.1 Å². The third-order valence-electron chi connectivity index (χ3n) is 2.11. The van der Waals surface area contributed by atoms with Crippen molar-refractivity contribution in [1.29, 1.82) is 0 Å². The Balaban J connectivity index is 2.36. The number of hydrogen-bond donors (Lipinski definition) is 2. The quantitative estimate of drug-likeness (QED) is 0.599. The van der Waals surface area contributed by atoms with Gasteiger partial charge in [0.25, 0.3) is 0 Å². The topological polar surface area (TPSA) is 64.4 Å². The molecule has 0 heterocycles. The highest BCUT2D eigenvalue weighted by molar-refractivity contribution is 6.44. The van der Waals surface area contributed by atoms with Gasteiger partial charge in [-0.2, -0.15) is 0 Å². The standard InChI is InChI=1S/C11H13Cl3N2O2/c12-8-1-2-9(13)11(14)7(8)5-16-3-4-18-6-10(15)17/h1-2,16H,3-6H2,(H2,15,17). The summed E-state index contributed by atoms with van der Waals surface area (Å²) in [6.45, 7) is 1.31. The first-order chi connectivity index (χ1) is 8.52. The van der Waals surface area contributed by atoms with E-state index >= 15 is 0 Å². The third-order valence-corrected chi connectivity index (χ3v) is 3.31. The number of amides is 1. The summed E-state index contributed by atoms with van der Waals surface area (Å²) in [5, 5.41) is 4.53. The summed E-state index contributed by atoms with van der Waals surface area (Å²) in [4.78, 5) is 10.4. The van der Waals surface area contributed by atoms with Crippen LogP contribution in [-0.4, -0.2) is 25.7 Å². The van der Waals surface area contributed by atoms with E-state index in [1.165, 1.54) is 0 Å². The lowest BCUT2D eigenvalue weighted by Crippen LogP contribution is -2.24. The van der Waals surface area contributed by atoms with E-state index in [0.29, 0.717) is 34.8 Å². The molecule has 0 aliphatic rings. The van der Waals surface area contributed by atoms with E-state index in [-0.39, 0.29) is 6.61 Å². The maximum Gasteiger partial charge on any atom is 0.243 e. The van der Waals surface area contributed by atoms with Gasteiger partial charge in [-0.1, -0.05) is 34.8 Å².